The molecule has 0 spiro atoms. The van der Waals surface area contributed by atoms with Crippen LogP contribution in [0.15, 0.2) is 53.9 Å². The first-order valence-electron chi connectivity index (χ1n) is 9.69. The van der Waals surface area contributed by atoms with Gasteiger partial charge in [-0.15, -0.1) is 23.1 Å². The SMILES string of the molecule is CC1CC(=O)NC(n2nc(-c3cccs3)cc2NC(=O)CSCc2ccccc2)N1. The third kappa shape index (κ3) is 5.10. The molecule has 156 valence electrons. The van der Waals surface area contributed by atoms with Gasteiger partial charge in [0.15, 0.2) is 6.29 Å². The molecule has 7 nitrogen and oxygen atoms in total. The van der Waals surface area contributed by atoms with Crippen LogP contribution in [0, 0.1) is 0 Å². The van der Waals surface area contributed by atoms with Crippen LogP contribution < -0.4 is 16.0 Å². The van der Waals surface area contributed by atoms with E-state index in [1.54, 1.807) is 27.8 Å². The first-order valence-corrected chi connectivity index (χ1v) is 11.7. The van der Waals surface area contributed by atoms with Crippen LogP contribution >= 0.6 is 23.1 Å². The largest absolute Gasteiger partial charge is 0.322 e. The summed E-state index contributed by atoms with van der Waals surface area (Å²) in [6.07, 6.45) is -0.102. The molecule has 2 amide bonds. The Bertz CT molecular complexity index is 1000. The predicted molar refractivity (Wildman–Crippen MR) is 121 cm³/mol. The summed E-state index contributed by atoms with van der Waals surface area (Å²) in [5.41, 5.74) is 1.94. The van der Waals surface area contributed by atoms with Crippen LogP contribution in [0.2, 0.25) is 0 Å². The van der Waals surface area contributed by atoms with Gasteiger partial charge in [-0.05, 0) is 23.9 Å². The molecule has 1 aromatic carbocycles. The summed E-state index contributed by atoms with van der Waals surface area (Å²) in [6.45, 7) is 1.95. The molecule has 1 aliphatic heterocycles. The van der Waals surface area contributed by atoms with Gasteiger partial charge in [-0.3, -0.25) is 14.9 Å². The standard InChI is InChI=1S/C21H23N5O2S2/c1-14-10-19(27)24-21(22-14)26-18(11-16(25-26)17-8-5-9-30-17)23-20(28)13-29-12-15-6-3-2-4-7-15/h2-9,11,14,21-22H,10,12-13H2,1H3,(H,23,28)(H,24,27). The lowest BCUT2D eigenvalue weighted by Gasteiger charge is -2.30. The highest BCUT2D eigenvalue weighted by atomic mass is 32.2. The number of benzene rings is 1. The number of carbonyl (C=O) groups is 2. The normalized spacial score (nSPS) is 18.8. The van der Waals surface area contributed by atoms with Crippen LogP contribution in [0.5, 0.6) is 0 Å². The van der Waals surface area contributed by atoms with E-state index < -0.39 is 6.29 Å². The summed E-state index contributed by atoms with van der Waals surface area (Å²) in [5.74, 6) is 1.50. The molecular formula is C21H23N5O2S2. The minimum atomic E-state index is -0.512. The molecule has 0 saturated carbocycles. The van der Waals surface area contributed by atoms with E-state index in [-0.39, 0.29) is 17.9 Å². The zero-order chi connectivity index (χ0) is 20.9. The lowest BCUT2D eigenvalue weighted by Crippen LogP contribution is -2.52. The average Bonchev–Trinajstić information content (AvgIpc) is 3.38. The Morgan fingerprint density at radius 1 is 1.30 bits per heavy atom. The number of amides is 2. The molecular weight excluding hydrogens is 418 g/mol. The lowest BCUT2D eigenvalue weighted by atomic mass is 10.2. The van der Waals surface area contributed by atoms with Crippen molar-refractivity contribution < 1.29 is 9.59 Å². The first kappa shape index (κ1) is 20.6. The molecule has 0 radical (unpaired) electrons. The number of rotatable bonds is 7. The maximum Gasteiger partial charge on any atom is 0.235 e. The van der Waals surface area contributed by atoms with E-state index in [1.807, 2.05) is 60.8 Å². The van der Waals surface area contributed by atoms with Gasteiger partial charge in [0.25, 0.3) is 0 Å². The van der Waals surface area contributed by atoms with Gasteiger partial charge >= 0.3 is 0 Å². The number of aromatic nitrogens is 2. The van der Waals surface area contributed by atoms with Gasteiger partial charge in [-0.1, -0.05) is 36.4 Å². The summed E-state index contributed by atoms with van der Waals surface area (Å²) in [5, 5.41) is 15.8. The number of nitrogens with zero attached hydrogens (tertiary/aromatic N) is 2. The number of thioether (sulfide) groups is 1. The maximum atomic E-state index is 12.6. The van der Waals surface area contributed by atoms with E-state index in [9.17, 15) is 9.59 Å². The molecule has 0 bridgehead atoms. The van der Waals surface area contributed by atoms with Crippen molar-refractivity contribution in [2.45, 2.75) is 31.4 Å². The van der Waals surface area contributed by atoms with Crippen molar-refractivity contribution in [2.24, 2.45) is 0 Å². The molecule has 3 N–H and O–H groups in total. The van der Waals surface area contributed by atoms with Gasteiger partial charge < -0.3 is 10.6 Å². The van der Waals surface area contributed by atoms with Crippen LogP contribution in [0.3, 0.4) is 0 Å². The lowest BCUT2D eigenvalue weighted by molar-refractivity contribution is -0.125. The minimum Gasteiger partial charge on any atom is -0.322 e. The van der Waals surface area contributed by atoms with E-state index >= 15 is 0 Å². The van der Waals surface area contributed by atoms with Crippen molar-refractivity contribution in [3.63, 3.8) is 0 Å². The fourth-order valence-electron chi connectivity index (χ4n) is 3.24. The molecule has 3 heterocycles. The summed E-state index contributed by atoms with van der Waals surface area (Å²) >= 11 is 3.13. The van der Waals surface area contributed by atoms with Crippen molar-refractivity contribution in [3.8, 4) is 10.6 Å². The molecule has 2 unspecified atom stereocenters. The van der Waals surface area contributed by atoms with Gasteiger partial charge in [0, 0.05) is 24.3 Å². The summed E-state index contributed by atoms with van der Waals surface area (Å²) < 4.78 is 1.64. The molecule has 1 saturated heterocycles. The van der Waals surface area contributed by atoms with Crippen LogP contribution in [-0.2, 0) is 15.3 Å². The van der Waals surface area contributed by atoms with E-state index in [0.717, 1.165) is 16.3 Å². The number of hydrogen-bond acceptors (Lipinski definition) is 6. The highest BCUT2D eigenvalue weighted by molar-refractivity contribution is 7.99. The molecule has 0 aliphatic carbocycles. The molecule has 1 aliphatic rings. The molecule has 30 heavy (non-hydrogen) atoms. The summed E-state index contributed by atoms with van der Waals surface area (Å²) in [6, 6.07) is 15.9. The Hall–Kier alpha value is -2.62. The highest BCUT2D eigenvalue weighted by Gasteiger charge is 2.27. The summed E-state index contributed by atoms with van der Waals surface area (Å²) in [7, 11) is 0. The quantitative estimate of drug-likeness (QED) is 0.523. The molecule has 4 rings (SSSR count). The Morgan fingerprint density at radius 3 is 2.87 bits per heavy atom. The Kier molecular flexibility index (Phi) is 6.51. The van der Waals surface area contributed by atoms with Crippen molar-refractivity contribution in [1.82, 2.24) is 20.4 Å². The molecule has 1 fully saturated rings. The van der Waals surface area contributed by atoms with Crippen LogP contribution in [0.1, 0.15) is 25.2 Å². The van der Waals surface area contributed by atoms with E-state index in [1.165, 1.54) is 5.56 Å². The zero-order valence-corrected chi connectivity index (χ0v) is 18.1. The van der Waals surface area contributed by atoms with Gasteiger partial charge in [0.2, 0.25) is 11.8 Å². The maximum absolute atomic E-state index is 12.6. The number of nitrogens with one attached hydrogen (secondary N) is 3. The second kappa shape index (κ2) is 9.46. The fourth-order valence-corrected chi connectivity index (χ4v) is 4.70. The third-order valence-electron chi connectivity index (χ3n) is 4.60. The Balaban J connectivity index is 1.48. The van der Waals surface area contributed by atoms with Crippen LogP contribution in [0.25, 0.3) is 10.6 Å². The van der Waals surface area contributed by atoms with Gasteiger partial charge in [-0.25, -0.2) is 4.68 Å². The van der Waals surface area contributed by atoms with Crippen molar-refractivity contribution in [1.29, 1.82) is 0 Å². The summed E-state index contributed by atoms with van der Waals surface area (Å²) in [4.78, 5) is 25.6. The van der Waals surface area contributed by atoms with Gasteiger partial charge in [0.05, 0.1) is 10.6 Å². The number of carbonyl (C=O) groups excluding carboxylic acids is 2. The van der Waals surface area contributed by atoms with E-state index in [0.29, 0.717) is 18.0 Å². The molecule has 9 heteroatoms. The number of anilines is 1. The van der Waals surface area contributed by atoms with Gasteiger partial charge in [-0.2, -0.15) is 5.10 Å². The molecule has 3 aromatic rings. The number of hydrogen-bond donors (Lipinski definition) is 3. The Labute approximate surface area is 183 Å². The second-order valence-electron chi connectivity index (χ2n) is 7.11. The molecule has 2 aromatic heterocycles. The van der Waals surface area contributed by atoms with E-state index in [4.69, 9.17) is 0 Å². The second-order valence-corrected chi connectivity index (χ2v) is 9.04. The first-order chi connectivity index (χ1) is 14.6. The predicted octanol–water partition coefficient (Wildman–Crippen LogP) is 3.44. The Morgan fingerprint density at radius 2 is 2.13 bits per heavy atom. The minimum absolute atomic E-state index is 0.0168. The van der Waals surface area contributed by atoms with Crippen molar-refractivity contribution in [2.75, 3.05) is 11.1 Å². The number of thiophene rings is 1. The third-order valence-corrected chi connectivity index (χ3v) is 6.49. The van der Waals surface area contributed by atoms with Crippen LogP contribution in [-0.4, -0.2) is 33.4 Å². The van der Waals surface area contributed by atoms with E-state index in [2.05, 4.69) is 21.0 Å². The average molecular weight is 442 g/mol. The smallest absolute Gasteiger partial charge is 0.235 e. The monoisotopic (exact) mass is 441 g/mol. The zero-order valence-electron chi connectivity index (χ0n) is 16.5. The van der Waals surface area contributed by atoms with Crippen molar-refractivity contribution in [3.05, 3.63) is 59.5 Å². The molecule has 2 atom stereocenters. The van der Waals surface area contributed by atoms with Gasteiger partial charge in [0.1, 0.15) is 11.5 Å². The van der Waals surface area contributed by atoms with Crippen molar-refractivity contribution >= 4 is 40.7 Å². The highest BCUT2D eigenvalue weighted by Crippen LogP contribution is 2.28. The topological polar surface area (TPSA) is 88.1 Å². The fraction of sp³-hybridized carbons (Fsp3) is 0.286. The van der Waals surface area contributed by atoms with Crippen LogP contribution in [0.4, 0.5) is 5.82 Å².